The molecule has 25 heavy (non-hydrogen) atoms. The molecule has 3 rings (SSSR count). The van der Waals surface area contributed by atoms with Crippen LogP contribution >= 0.6 is 11.8 Å². The number of benzene rings is 1. The Morgan fingerprint density at radius 3 is 2.88 bits per heavy atom. The van der Waals surface area contributed by atoms with Crippen molar-refractivity contribution >= 4 is 23.4 Å². The molecule has 0 bridgehead atoms. The van der Waals surface area contributed by atoms with Crippen molar-refractivity contribution in [2.24, 2.45) is 0 Å². The van der Waals surface area contributed by atoms with Crippen molar-refractivity contribution in [1.82, 2.24) is 9.55 Å². The first-order valence-electron chi connectivity index (χ1n) is 8.07. The predicted molar refractivity (Wildman–Crippen MR) is 98.7 cm³/mol. The van der Waals surface area contributed by atoms with Crippen LogP contribution in [0.1, 0.15) is 29.3 Å². The topological polar surface area (TPSA) is 73.2 Å². The summed E-state index contributed by atoms with van der Waals surface area (Å²) >= 11 is 1.52. The second kappa shape index (κ2) is 6.92. The first kappa shape index (κ1) is 17.5. The average molecular weight is 359 g/mol. The van der Waals surface area contributed by atoms with Gasteiger partial charge in [-0.3, -0.25) is 14.2 Å². The zero-order valence-electron chi connectivity index (χ0n) is 14.8. The number of thioether (sulfide) groups is 1. The van der Waals surface area contributed by atoms with Crippen LogP contribution < -0.4 is 15.6 Å². The molecule has 1 amide bonds. The third kappa shape index (κ3) is 3.42. The Hall–Kier alpha value is -2.28. The quantitative estimate of drug-likeness (QED) is 0.850. The van der Waals surface area contributed by atoms with E-state index < -0.39 is 0 Å². The number of hydrogen-bond donors (Lipinski definition) is 1. The molecular formula is C18H21N3O3S. The molecule has 132 valence electrons. The number of carbonyl (C=O) groups excluding carboxylic acids is 1. The van der Waals surface area contributed by atoms with Gasteiger partial charge >= 0.3 is 0 Å². The number of carbonyl (C=O) groups is 1. The highest BCUT2D eigenvalue weighted by Crippen LogP contribution is 2.33. The minimum absolute atomic E-state index is 0.0570. The van der Waals surface area contributed by atoms with Gasteiger partial charge in [-0.1, -0.05) is 17.8 Å². The first-order chi connectivity index (χ1) is 11.9. The summed E-state index contributed by atoms with van der Waals surface area (Å²) in [4.78, 5) is 29.5. The zero-order chi connectivity index (χ0) is 18.1. The summed E-state index contributed by atoms with van der Waals surface area (Å²) in [6.45, 7) is 5.56. The molecule has 0 aliphatic carbocycles. The maximum absolute atomic E-state index is 12.5. The molecule has 0 spiro atoms. The van der Waals surface area contributed by atoms with Gasteiger partial charge in [0.2, 0.25) is 5.91 Å². The molecule has 1 unspecified atom stereocenters. The summed E-state index contributed by atoms with van der Waals surface area (Å²) in [7, 11) is 1.57. The molecule has 0 saturated carbocycles. The summed E-state index contributed by atoms with van der Waals surface area (Å²) < 4.78 is 6.94. The molecule has 1 aromatic heterocycles. The Labute approximate surface area is 150 Å². The second-order valence-electron chi connectivity index (χ2n) is 6.20. The predicted octanol–water partition coefficient (Wildman–Crippen LogP) is 2.85. The van der Waals surface area contributed by atoms with Crippen LogP contribution in [-0.4, -0.2) is 28.3 Å². The monoisotopic (exact) mass is 359 g/mol. The molecule has 0 fully saturated rings. The fraction of sp³-hybridized carbons (Fsp3) is 0.389. The van der Waals surface area contributed by atoms with E-state index >= 15 is 0 Å². The summed E-state index contributed by atoms with van der Waals surface area (Å²) in [5, 5.41) is 3.59. The van der Waals surface area contributed by atoms with Gasteiger partial charge in [-0.15, -0.1) is 0 Å². The van der Waals surface area contributed by atoms with E-state index in [2.05, 4.69) is 10.3 Å². The molecular weight excluding hydrogens is 338 g/mol. The number of hydrogen-bond acceptors (Lipinski definition) is 5. The Morgan fingerprint density at radius 2 is 2.16 bits per heavy atom. The summed E-state index contributed by atoms with van der Waals surface area (Å²) in [6, 6.07) is 5.44. The van der Waals surface area contributed by atoms with Gasteiger partial charge in [0.15, 0.2) is 5.16 Å². The second-order valence-corrected chi connectivity index (χ2v) is 7.19. The number of fused-ring (bicyclic) bond motifs is 1. The van der Waals surface area contributed by atoms with Crippen LogP contribution in [0.2, 0.25) is 0 Å². The highest BCUT2D eigenvalue weighted by atomic mass is 32.2. The van der Waals surface area contributed by atoms with Crippen LogP contribution in [0.3, 0.4) is 0 Å². The smallest absolute Gasteiger partial charge is 0.257 e. The SMILES string of the molecule is COc1ccc(C)cc1NC(=O)CC1CSc2nc(C)c(C)c(=O)n21. The van der Waals surface area contributed by atoms with Gasteiger partial charge in [0, 0.05) is 23.4 Å². The van der Waals surface area contributed by atoms with E-state index in [-0.39, 0.29) is 23.9 Å². The number of methoxy groups -OCH3 is 1. The Kier molecular flexibility index (Phi) is 4.85. The molecule has 1 aromatic carbocycles. The van der Waals surface area contributed by atoms with Crippen LogP contribution in [-0.2, 0) is 4.79 Å². The van der Waals surface area contributed by atoms with Gasteiger partial charge in [-0.2, -0.15) is 0 Å². The molecule has 0 radical (unpaired) electrons. The van der Waals surface area contributed by atoms with E-state index in [1.54, 1.807) is 18.6 Å². The lowest BCUT2D eigenvalue weighted by molar-refractivity contribution is -0.116. The molecule has 1 aliphatic heterocycles. The van der Waals surface area contributed by atoms with Crippen LogP contribution in [0.4, 0.5) is 5.69 Å². The van der Waals surface area contributed by atoms with Crippen LogP contribution in [0.5, 0.6) is 5.75 Å². The normalized spacial score (nSPS) is 15.8. The van der Waals surface area contributed by atoms with Crippen molar-refractivity contribution in [2.45, 2.75) is 38.4 Å². The number of nitrogens with zero attached hydrogens (tertiary/aromatic N) is 2. The van der Waals surface area contributed by atoms with E-state index in [1.807, 2.05) is 32.0 Å². The van der Waals surface area contributed by atoms with E-state index in [4.69, 9.17) is 4.74 Å². The van der Waals surface area contributed by atoms with Crippen molar-refractivity contribution in [3.8, 4) is 5.75 Å². The summed E-state index contributed by atoms with van der Waals surface area (Å²) in [6.07, 6.45) is 0.223. The van der Waals surface area contributed by atoms with E-state index in [1.165, 1.54) is 11.8 Å². The highest BCUT2D eigenvalue weighted by Gasteiger charge is 2.28. The third-order valence-corrected chi connectivity index (χ3v) is 5.47. The summed E-state index contributed by atoms with van der Waals surface area (Å²) in [5.41, 5.74) is 3.00. The van der Waals surface area contributed by atoms with Crippen molar-refractivity contribution < 1.29 is 9.53 Å². The van der Waals surface area contributed by atoms with Crippen molar-refractivity contribution in [2.75, 3.05) is 18.2 Å². The van der Waals surface area contributed by atoms with Crippen LogP contribution in [0, 0.1) is 20.8 Å². The van der Waals surface area contributed by atoms with E-state index in [9.17, 15) is 9.59 Å². The number of anilines is 1. The molecule has 1 aliphatic rings. The van der Waals surface area contributed by atoms with E-state index in [0.29, 0.717) is 27.9 Å². The number of ether oxygens (including phenoxy) is 1. The number of rotatable bonds is 4. The standard InChI is InChI=1S/C18H21N3O3S/c1-10-5-6-15(24-4)14(7-10)20-16(22)8-13-9-25-18-19-12(3)11(2)17(23)21(13)18/h5-7,13H,8-9H2,1-4H3,(H,20,22). The molecule has 1 N–H and O–H groups in total. The van der Waals surface area contributed by atoms with Crippen molar-refractivity contribution in [3.05, 3.63) is 45.4 Å². The fourth-order valence-corrected chi connectivity index (χ4v) is 4.04. The van der Waals surface area contributed by atoms with Gasteiger partial charge in [0.05, 0.1) is 18.8 Å². The van der Waals surface area contributed by atoms with E-state index in [0.717, 1.165) is 11.3 Å². The van der Waals surface area contributed by atoms with Gasteiger partial charge < -0.3 is 10.1 Å². The van der Waals surface area contributed by atoms with Gasteiger partial charge in [-0.25, -0.2) is 4.98 Å². The lowest BCUT2D eigenvalue weighted by Crippen LogP contribution is -2.29. The molecule has 7 heteroatoms. The first-order valence-corrected chi connectivity index (χ1v) is 9.06. The average Bonchev–Trinajstić information content (AvgIpc) is 2.95. The van der Waals surface area contributed by atoms with Gasteiger partial charge in [0.25, 0.3) is 5.56 Å². The van der Waals surface area contributed by atoms with Crippen LogP contribution in [0.25, 0.3) is 0 Å². The van der Waals surface area contributed by atoms with Crippen molar-refractivity contribution in [1.29, 1.82) is 0 Å². The Morgan fingerprint density at radius 1 is 1.40 bits per heavy atom. The van der Waals surface area contributed by atoms with Gasteiger partial charge in [0.1, 0.15) is 5.75 Å². The molecule has 2 aromatic rings. The number of aryl methyl sites for hydroxylation is 2. The van der Waals surface area contributed by atoms with Gasteiger partial charge in [-0.05, 0) is 38.5 Å². The molecule has 1 atom stereocenters. The highest BCUT2D eigenvalue weighted by molar-refractivity contribution is 7.99. The maximum Gasteiger partial charge on any atom is 0.257 e. The minimum atomic E-state index is -0.185. The molecule has 0 saturated heterocycles. The zero-order valence-corrected chi connectivity index (χ0v) is 15.6. The summed E-state index contributed by atoms with van der Waals surface area (Å²) in [5.74, 6) is 1.14. The Bertz CT molecular complexity index is 892. The molecule has 6 nitrogen and oxygen atoms in total. The Balaban J connectivity index is 1.80. The minimum Gasteiger partial charge on any atom is -0.495 e. The maximum atomic E-state index is 12.5. The number of nitrogens with one attached hydrogen (secondary N) is 1. The largest absolute Gasteiger partial charge is 0.495 e. The lowest BCUT2D eigenvalue weighted by atomic mass is 10.1. The number of amides is 1. The van der Waals surface area contributed by atoms with Crippen LogP contribution in [0.15, 0.2) is 28.2 Å². The molecule has 2 heterocycles. The number of aromatic nitrogens is 2. The fourth-order valence-electron chi connectivity index (χ4n) is 2.86. The lowest BCUT2D eigenvalue weighted by Gasteiger charge is -2.15. The third-order valence-electron chi connectivity index (χ3n) is 4.37. The van der Waals surface area contributed by atoms with Crippen molar-refractivity contribution in [3.63, 3.8) is 0 Å².